The van der Waals surface area contributed by atoms with Gasteiger partial charge in [-0.05, 0) is 86.6 Å². The van der Waals surface area contributed by atoms with Crippen LogP contribution in [0.4, 0.5) is 0 Å². The average Bonchev–Trinajstić information content (AvgIpc) is 3.51. The standard InChI is InChI=1S/C28H27N3O7S/c1-6-37-27(34)18-7-9-21(10-8-18)31-16(2)11-19(17(31)3)14-24(26(32)33)39-28-30-29-25(38-28)20-12-22(35-4)15-23(13-20)36-5/h7-15H,6H2,1-5H3,(H,32,33)/b24-14-. The minimum absolute atomic E-state index is 0.00586. The Labute approximate surface area is 229 Å². The van der Waals surface area contributed by atoms with Crippen LogP contribution in [0.25, 0.3) is 23.2 Å². The monoisotopic (exact) mass is 549 g/mol. The molecule has 0 saturated carbocycles. The molecule has 0 aliphatic rings. The lowest BCUT2D eigenvalue weighted by atomic mass is 10.2. The Hall–Kier alpha value is -4.51. The molecule has 11 heteroatoms. The molecule has 0 fully saturated rings. The highest BCUT2D eigenvalue weighted by Crippen LogP contribution is 2.34. The predicted molar refractivity (Wildman–Crippen MR) is 146 cm³/mol. The molecule has 0 radical (unpaired) electrons. The minimum atomic E-state index is -1.13. The molecule has 0 bridgehead atoms. The number of esters is 1. The fraction of sp³-hybridized carbons (Fsp3) is 0.214. The molecule has 10 nitrogen and oxygen atoms in total. The second-order valence-corrected chi connectivity index (χ2v) is 9.31. The number of carbonyl (C=O) groups is 2. The average molecular weight is 550 g/mol. The molecule has 4 rings (SSSR count). The van der Waals surface area contributed by atoms with Gasteiger partial charge >= 0.3 is 11.9 Å². The molecular formula is C28H27N3O7S. The van der Waals surface area contributed by atoms with Crippen LogP contribution in [0, 0.1) is 13.8 Å². The van der Waals surface area contributed by atoms with E-state index in [-0.39, 0.29) is 22.0 Å². The number of aliphatic carboxylic acids is 1. The van der Waals surface area contributed by atoms with Gasteiger partial charge in [-0.15, -0.1) is 10.2 Å². The Balaban J connectivity index is 1.61. The van der Waals surface area contributed by atoms with Gasteiger partial charge in [0.1, 0.15) is 16.4 Å². The third-order valence-corrected chi connectivity index (χ3v) is 6.66. The molecule has 0 aliphatic heterocycles. The highest BCUT2D eigenvalue weighted by molar-refractivity contribution is 8.03. The number of hydrogen-bond acceptors (Lipinski definition) is 9. The van der Waals surface area contributed by atoms with Crippen LogP contribution < -0.4 is 9.47 Å². The summed E-state index contributed by atoms with van der Waals surface area (Å²) in [5.74, 6) is -0.218. The van der Waals surface area contributed by atoms with E-state index in [1.165, 1.54) is 14.2 Å². The number of nitrogens with zero attached hydrogens (tertiary/aromatic N) is 3. The summed E-state index contributed by atoms with van der Waals surface area (Å²) in [6, 6.07) is 14.1. The first kappa shape index (κ1) is 27.5. The number of benzene rings is 2. The summed E-state index contributed by atoms with van der Waals surface area (Å²) in [5, 5.41) is 18.0. The van der Waals surface area contributed by atoms with E-state index in [4.69, 9.17) is 18.6 Å². The lowest BCUT2D eigenvalue weighted by molar-refractivity contribution is -0.131. The largest absolute Gasteiger partial charge is 0.497 e. The zero-order valence-corrected chi connectivity index (χ0v) is 22.9. The number of aryl methyl sites for hydroxylation is 1. The first-order valence-electron chi connectivity index (χ1n) is 11.9. The van der Waals surface area contributed by atoms with Crippen molar-refractivity contribution < 1.29 is 33.3 Å². The van der Waals surface area contributed by atoms with Gasteiger partial charge in [-0.25, -0.2) is 9.59 Å². The van der Waals surface area contributed by atoms with Crippen LogP contribution in [0.1, 0.15) is 34.2 Å². The number of ether oxygens (including phenoxy) is 3. The first-order chi connectivity index (χ1) is 18.7. The molecule has 2 heterocycles. The third kappa shape index (κ3) is 6.15. The summed E-state index contributed by atoms with van der Waals surface area (Å²) in [6.07, 6.45) is 1.57. The molecule has 39 heavy (non-hydrogen) atoms. The zero-order chi connectivity index (χ0) is 28.1. The number of carbonyl (C=O) groups excluding carboxylic acids is 1. The van der Waals surface area contributed by atoms with Gasteiger partial charge in [0.25, 0.3) is 5.22 Å². The van der Waals surface area contributed by atoms with Crippen molar-refractivity contribution in [2.24, 2.45) is 0 Å². The van der Waals surface area contributed by atoms with Gasteiger partial charge in [0.15, 0.2) is 0 Å². The van der Waals surface area contributed by atoms with Crippen molar-refractivity contribution in [2.75, 3.05) is 20.8 Å². The topological polar surface area (TPSA) is 126 Å². The number of aromatic nitrogens is 3. The van der Waals surface area contributed by atoms with Crippen LogP contribution in [0.15, 0.2) is 63.1 Å². The molecule has 1 N–H and O–H groups in total. The summed E-state index contributed by atoms with van der Waals surface area (Å²) in [7, 11) is 3.07. The number of methoxy groups -OCH3 is 2. The van der Waals surface area contributed by atoms with Crippen LogP contribution >= 0.6 is 11.8 Å². The number of rotatable bonds is 10. The van der Waals surface area contributed by atoms with E-state index < -0.39 is 5.97 Å². The van der Waals surface area contributed by atoms with Crippen LogP contribution in [0.3, 0.4) is 0 Å². The Morgan fingerprint density at radius 3 is 2.28 bits per heavy atom. The normalized spacial score (nSPS) is 11.4. The number of thioether (sulfide) groups is 1. The highest BCUT2D eigenvalue weighted by Gasteiger charge is 2.19. The molecule has 0 spiro atoms. The number of hydrogen-bond donors (Lipinski definition) is 1. The van der Waals surface area contributed by atoms with E-state index in [1.807, 2.05) is 36.6 Å². The van der Waals surface area contributed by atoms with Gasteiger partial charge in [-0.3, -0.25) is 0 Å². The molecule has 0 aliphatic carbocycles. The van der Waals surface area contributed by atoms with Gasteiger partial charge in [0, 0.05) is 28.7 Å². The summed E-state index contributed by atoms with van der Waals surface area (Å²) in [5.41, 5.74) is 4.29. The van der Waals surface area contributed by atoms with Crippen molar-refractivity contribution in [1.82, 2.24) is 14.8 Å². The van der Waals surface area contributed by atoms with E-state index >= 15 is 0 Å². The molecule has 2 aromatic heterocycles. The van der Waals surface area contributed by atoms with Crippen molar-refractivity contribution in [3.63, 3.8) is 0 Å². The fourth-order valence-electron chi connectivity index (χ4n) is 3.96. The lowest BCUT2D eigenvalue weighted by Gasteiger charge is -2.10. The SMILES string of the molecule is CCOC(=O)c1ccc(-n2c(C)cc(/C=C(\Sc3nnc(-c4cc(OC)cc(OC)c4)o3)C(=O)O)c2C)cc1. The van der Waals surface area contributed by atoms with E-state index in [1.54, 1.807) is 43.3 Å². The quantitative estimate of drug-likeness (QED) is 0.153. The molecule has 0 unspecified atom stereocenters. The molecule has 0 amide bonds. The van der Waals surface area contributed by atoms with Crippen molar-refractivity contribution in [1.29, 1.82) is 0 Å². The van der Waals surface area contributed by atoms with Gasteiger partial charge in [0.05, 0.1) is 26.4 Å². The van der Waals surface area contributed by atoms with Crippen molar-refractivity contribution in [3.8, 4) is 28.6 Å². The van der Waals surface area contributed by atoms with E-state index in [9.17, 15) is 14.7 Å². The first-order valence-corrected chi connectivity index (χ1v) is 12.7. The van der Waals surface area contributed by atoms with Gasteiger partial charge < -0.3 is 28.3 Å². The van der Waals surface area contributed by atoms with E-state index in [2.05, 4.69) is 10.2 Å². The summed E-state index contributed by atoms with van der Waals surface area (Å²) >= 11 is 0.855. The van der Waals surface area contributed by atoms with Crippen LogP contribution in [-0.2, 0) is 9.53 Å². The molecule has 4 aromatic rings. The molecule has 202 valence electrons. The van der Waals surface area contributed by atoms with Crippen molar-refractivity contribution in [2.45, 2.75) is 26.0 Å². The molecule has 0 saturated heterocycles. The van der Waals surface area contributed by atoms with Gasteiger partial charge in [-0.1, -0.05) is 0 Å². The van der Waals surface area contributed by atoms with Crippen LogP contribution in [-0.4, -0.2) is 52.6 Å². The maximum Gasteiger partial charge on any atom is 0.342 e. The Kier molecular flexibility index (Phi) is 8.40. The third-order valence-electron chi connectivity index (χ3n) is 5.81. The summed E-state index contributed by atoms with van der Waals surface area (Å²) in [6.45, 7) is 5.87. The Bertz CT molecular complexity index is 1510. The minimum Gasteiger partial charge on any atom is -0.497 e. The molecular weight excluding hydrogens is 522 g/mol. The van der Waals surface area contributed by atoms with Crippen LogP contribution in [0.5, 0.6) is 11.5 Å². The molecule has 0 atom stereocenters. The van der Waals surface area contributed by atoms with Crippen molar-refractivity contribution >= 4 is 29.8 Å². The maximum absolute atomic E-state index is 12.1. The second kappa shape index (κ2) is 11.9. The number of carboxylic acids is 1. The Morgan fingerprint density at radius 1 is 1.03 bits per heavy atom. The van der Waals surface area contributed by atoms with Gasteiger partial charge in [0.2, 0.25) is 5.89 Å². The highest BCUT2D eigenvalue weighted by atomic mass is 32.2. The van der Waals surface area contributed by atoms with E-state index in [0.29, 0.717) is 34.8 Å². The Morgan fingerprint density at radius 2 is 1.69 bits per heavy atom. The second-order valence-electron chi connectivity index (χ2n) is 8.32. The smallest absolute Gasteiger partial charge is 0.342 e. The van der Waals surface area contributed by atoms with Gasteiger partial charge in [-0.2, -0.15) is 0 Å². The van der Waals surface area contributed by atoms with Crippen molar-refractivity contribution in [3.05, 3.63) is 76.0 Å². The number of carboxylic acid groups (broad SMARTS) is 1. The predicted octanol–water partition coefficient (Wildman–Crippen LogP) is 5.56. The summed E-state index contributed by atoms with van der Waals surface area (Å²) < 4.78 is 23.3. The zero-order valence-electron chi connectivity index (χ0n) is 22.0. The van der Waals surface area contributed by atoms with E-state index in [0.717, 1.165) is 28.8 Å². The summed E-state index contributed by atoms with van der Waals surface area (Å²) in [4.78, 5) is 24.1. The lowest BCUT2D eigenvalue weighted by Crippen LogP contribution is -2.05. The maximum atomic E-state index is 12.1. The molecule has 2 aromatic carbocycles. The van der Waals surface area contributed by atoms with Crippen LogP contribution in [0.2, 0.25) is 0 Å². The fourth-order valence-corrected chi connectivity index (χ4v) is 4.62.